The minimum Gasteiger partial charge on any atom is -0.341 e. The monoisotopic (exact) mass is 224 g/mol. The Morgan fingerprint density at radius 1 is 1.44 bits per heavy atom. The average molecular weight is 224 g/mol. The number of nitrogens with one attached hydrogen (secondary N) is 1. The van der Waals surface area contributed by atoms with Gasteiger partial charge in [-0.25, -0.2) is 0 Å². The van der Waals surface area contributed by atoms with Gasteiger partial charge in [-0.05, 0) is 44.1 Å². The van der Waals surface area contributed by atoms with Gasteiger partial charge in [0.1, 0.15) is 0 Å². The van der Waals surface area contributed by atoms with Crippen LogP contribution in [0.1, 0.15) is 46.0 Å². The molecule has 3 nitrogen and oxygen atoms in total. The van der Waals surface area contributed by atoms with Gasteiger partial charge in [0, 0.05) is 13.1 Å². The van der Waals surface area contributed by atoms with Crippen LogP contribution in [0, 0.1) is 5.41 Å². The molecule has 1 unspecified atom stereocenters. The number of hydrogen-bond acceptors (Lipinski definition) is 2. The first-order valence-corrected chi connectivity index (χ1v) is 6.73. The predicted molar refractivity (Wildman–Crippen MR) is 65.2 cm³/mol. The summed E-state index contributed by atoms with van der Waals surface area (Å²) >= 11 is 0. The molecule has 0 radical (unpaired) electrons. The minimum atomic E-state index is 0.104. The molecule has 92 valence electrons. The fourth-order valence-electron chi connectivity index (χ4n) is 2.61. The molecule has 0 spiro atoms. The molecule has 2 rings (SSSR count). The van der Waals surface area contributed by atoms with Gasteiger partial charge in [-0.3, -0.25) is 4.79 Å². The van der Waals surface area contributed by atoms with E-state index in [0.717, 1.165) is 32.5 Å². The molecule has 1 heterocycles. The van der Waals surface area contributed by atoms with Crippen LogP contribution in [0.25, 0.3) is 0 Å². The van der Waals surface area contributed by atoms with E-state index in [9.17, 15) is 4.79 Å². The van der Waals surface area contributed by atoms with Crippen molar-refractivity contribution in [2.75, 3.05) is 19.6 Å². The fourth-order valence-corrected chi connectivity index (χ4v) is 2.61. The number of hydrogen-bond donors (Lipinski definition) is 1. The number of carbonyl (C=O) groups excluding carboxylic acids is 1. The highest BCUT2D eigenvalue weighted by molar-refractivity contribution is 5.84. The molecular formula is C13H24N2O. The molecule has 1 amide bonds. The summed E-state index contributed by atoms with van der Waals surface area (Å²) in [6.07, 6.45) is 5.96. The number of rotatable bonds is 6. The summed E-state index contributed by atoms with van der Waals surface area (Å²) in [5, 5.41) is 3.34. The van der Waals surface area contributed by atoms with Crippen LogP contribution < -0.4 is 5.32 Å². The van der Waals surface area contributed by atoms with E-state index in [2.05, 4.69) is 24.1 Å². The maximum absolute atomic E-state index is 12.1. The number of amides is 1. The van der Waals surface area contributed by atoms with Crippen molar-refractivity contribution in [2.24, 2.45) is 5.41 Å². The molecule has 1 N–H and O–H groups in total. The molecule has 0 aromatic rings. The van der Waals surface area contributed by atoms with Gasteiger partial charge in [0.05, 0.1) is 6.04 Å². The van der Waals surface area contributed by atoms with Crippen LogP contribution in [0.15, 0.2) is 0 Å². The molecule has 0 bridgehead atoms. The van der Waals surface area contributed by atoms with Crippen LogP contribution in [-0.4, -0.2) is 36.5 Å². The second-order valence-electron chi connectivity index (χ2n) is 5.41. The second kappa shape index (κ2) is 4.74. The highest BCUT2D eigenvalue weighted by Gasteiger charge is 2.44. The highest BCUT2D eigenvalue weighted by Crippen LogP contribution is 2.49. The SMILES string of the molecule is CCCNC1CCN(CC2(CC)CC2)C1=O. The topological polar surface area (TPSA) is 32.3 Å². The Hall–Kier alpha value is -0.570. The van der Waals surface area contributed by atoms with Gasteiger partial charge in [-0.1, -0.05) is 13.8 Å². The zero-order valence-electron chi connectivity index (χ0n) is 10.6. The normalized spacial score (nSPS) is 27.5. The third-order valence-electron chi connectivity index (χ3n) is 4.17. The Morgan fingerprint density at radius 2 is 2.19 bits per heavy atom. The molecule has 3 heteroatoms. The lowest BCUT2D eigenvalue weighted by atomic mass is 10.0. The predicted octanol–water partition coefficient (Wildman–Crippen LogP) is 1.78. The highest BCUT2D eigenvalue weighted by atomic mass is 16.2. The van der Waals surface area contributed by atoms with Crippen molar-refractivity contribution >= 4 is 5.91 Å². The lowest BCUT2D eigenvalue weighted by Crippen LogP contribution is -2.40. The zero-order valence-corrected chi connectivity index (χ0v) is 10.6. The molecular weight excluding hydrogens is 200 g/mol. The van der Waals surface area contributed by atoms with Gasteiger partial charge in [-0.15, -0.1) is 0 Å². The van der Waals surface area contributed by atoms with Crippen molar-refractivity contribution < 1.29 is 4.79 Å². The Labute approximate surface area is 98.6 Å². The zero-order chi connectivity index (χ0) is 11.6. The smallest absolute Gasteiger partial charge is 0.239 e. The third kappa shape index (κ3) is 2.40. The van der Waals surface area contributed by atoms with Gasteiger partial charge in [0.2, 0.25) is 5.91 Å². The van der Waals surface area contributed by atoms with Crippen LogP contribution in [0.3, 0.4) is 0 Å². The lowest BCUT2D eigenvalue weighted by molar-refractivity contribution is -0.130. The molecule has 0 aromatic heterocycles. The maximum Gasteiger partial charge on any atom is 0.239 e. The van der Waals surface area contributed by atoms with E-state index in [4.69, 9.17) is 0 Å². The van der Waals surface area contributed by atoms with Crippen LogP contribution in [0.4, 0.5) is 0 Å². The van der Waals surface area contributed by atoms with Crippen molar-refractivity contribution in [3.8, 4) is 0 Å². The lowest BCUT2D eigenvalue weighted by Gasteiger charge is -2.22. The molecule has 0 aromatic carbocycles. The summed E-state index contributed by atoms with van der Waals surface area (Å²) in [5.41, 5.74) is 0.495. The van der Waals surface area contributed by atoms with E-state index in [1.165, 1.54) is 19.3 Å². The Morgan fingerprint density at radius 3 is 2.75 bits per heavy atom. The Kier molecular flexibility index (Phi) is 3.53. The summed E-state index contributed by atoms with van der Waals surface area (Å²) < 4.78 is 0. The fraction of sp³-hybridized carbons (Fsp3) is 0.923. The number of likely N-dealkylation sites (tertiary alicyclic amines) is 1. The Bertz CT molecular complexity index is 261. The van der Waals surface area contributed by atoms with Crippen LogP contribution >= 0.6 is 0 Å². The van der Waals surface area contributed by atoms with Gasteiger partial charge < -0.3 is 10.2 Å². The van der Waals surface area contributed by atoms with E-state index < -0.39 is 0 Å². The van der Waals surface area contributed by atoms with E-state index >= 15 is 0 Å². The first-order valence-electron chi connectivity index (χ1n) is 6.73. The van der Waals surface area contributed by atoms with Crippen LogP contribution in [-0.2, 0) is 4.79 Å². The molecule has 1 saturated heterocycles. The van der Waals surface area contributed by atoms with Crippen molar-refractivity contribution in [1.29, 1.82) is 0 Å². The summed E-state index contributed by atoms with van der Waals surface area (Å²) in [6.45, 7) is 7.32. The van der Waals surface area contributed by atoms with E-state index in [1.807, 2.05) is 0 Å². The van der Waals surface area contributed by atoms with E-state index in [0.29, 0.717) is 11.3 Å². The second-order valence-corrected chi connectivity index (χ2v) is 5.41. The first-order chi connectivity index (χ1) is 7.71. The van der Waals surface area contributed by atoms with E-state index in [-0.39, 0.29) is 6.04 Å². The largest absolute Gasteiger partial charge is 0.341 e. The summed E-state index contributed by atoms with van der Waals surface area (Å²) in [6, 6.07) is 0.104. The average Bonchev–Trinajstić information content (AvgIpc) is 2.99. The standard InChI is InChI=1S/C13H24N2O/c1-3-8-14-11-5-9-15(12(11)16)10-13(4-2)6-7-13/h11,14H,3-10H2,1-2H3. The summed E-state index contributed by atoms with van der Waals surface area (Å²) in [5.74, 6) is 0.341. The molecule has 1 saturated carbocycles. The molecule has 16 heavy (non-hydrogen) atoms. The Balaban J connectivity index is 1.82. The minimum absolute atomic E-state index is 0.104. The van der Waals surface area contributed by atoms with Gasteiger partial charge in [0.25, 0.3) is 0 Å². The first kappa shape index (κ1) is 11.9. The molecule has 2 aliphatic rings. The molecule has 1 aliphatic heterocycles. The van der Waals surface area contributed by atoms with Gasteiger partial charge >= 0.3 is 0 Å². The molecule has 2 fully saturated rings. The van der Waals surface area contributed by atoms with Gasteiger partial charge in [-0.2, -0.15) is 0 Å². The van der Waals surface area contributed by atoms with E-state index in [1.54, 1.807) is 0 Å². The molecule has 1 aliphatic carbocycles. The number of carbonyl (C=O) groups is 1. The van der Waals surface area contributed by atoms with Crippen LogP contribution in [0.5, 0.6) is 0 Å². The summed E-state index contributed by atoms with van der Waals surface area (Å²) in [4.78, 5) is 14.2. The molecule has 1 atom stereocenters. The van der Waals surface area contributed by atoms with Crippen molar-refractivity contribution in [3.63, 3.8) is 0 Å². The third-order valence-corrected chi connectivity index (χ3v) is 4.17. The van der Waals surface area contributed by atoms with Crippen molar-refractivity contribution in [2.45, 2.75) is 52.0 Å². The maximum atomic E-state index is 12.1. The van der Waals surface area contributed by atoms with Crippen molar-refractivity contribution in [1.82, 2.24) is 10.2 Å². The van der Waals surface area contributed by atoms with Crippen molar-refractivity contribution in [3.05, 3.63) is 0 Å². The number of nitrogens with zero attached hydrogens (tertiary/aromatic N) is 1. The summed E-state index contributed by atoms with van der Waals surface area (Å²) in [7, 11) is 0. The van der Waals surface area contributed by atoms with Crippen LogP contribution in [0.2, 0.25) is 0 Å². The van der Waals surface area contributed by atoms with Gasteiger partial charge in [0.15, 0.2) is 0 Å². The quantitative estimate of drug-likeness (QED) is 0.746.